The highest BCUT2D eigenvalue weighted by Crippen LogP contribution is 2.38. The topological polar surface area (TPSA) is 211 Å². The maximum Gasteiger partial charge on any atom is 0.421 e. The minimum Gasteiger partial charge on any atom is -0.506 e. The summed E-state index contributed by atoms with van der Waals surface area (Å²) < 4.78 is 3.81. The van der Waals surface area contributed by atoms with Crippen LogP contribution in [0.1, 0.15) is 33.6 Å². The number of aryl methyl sites for hydroxylation is 2. The number of hydrogen-bond acceptors (Lipinski definition) is 11. The van der Waals surface area contributed by atoms with Crippen LogP contribution in [0.25, 0.3) is 21.5 Å². The molecule has 0 radical (unpaired) electrons. The van der Waals surface area contributed by atoms with E-state index in [9.17, 15) is 19.8 Å². The zero-order valence-corrected chi connectivity index (χ0v) is 34.3. The van der Waals surface area contributed by atoms with Gasteiger partial charge in [-0.15, -0.1) is 0 Å². The number of anilines is 2. The van der Waals surface area contributed by atoms with Gasteiger partial charge in [0, 0.05) is 90.6 Å². The first-order valence-corrected chi connectivity index (χ1v) is 19.6. The molecule has 0 bridgehead atoms. The van der Waals surface area contributed by atoms with Crippen LogP contribution in [0.2, 0.25) is 0 Å². The Labute approximate surface area is 348 Å². The van der Waals surface area contributed by atoms with Gasteiger partial charge in [0.1, 0.15) is 30.1 Å². The molecule has 0 fully saturated rings. The summed E-state index contributed by atoms with van der Waals surface area (Å²) in [6, 6.07) is 24.7. The summed E-state index contributed by atoms with van der Waals surface area (Å²) >= 11 is 0. The minimum absolute atomic E-state index is 0.0241. The number of aromatic nitrogens is 2. The molecule has 0 aliphatic rings. The van der Waals surface area contributed by atoms with E-state index >= 15 is 0 Å². The van der Waals surface area contributed by atoms with Crippen LogP contribution in [0.15, 0.2) is 130 Å². The van der Waals surface area contributed by atoms with Crippen molar-refractivity contribution in [1.82, 2.24) is 19.3 Å². The minimum atomic E-state index is -0.136. The fourth-order valence-corrected chi connectivity index (χ4v) is 6.69. The predicted molar refractivity (Wildman–Crippen MR) is 233 cm³/mol. The largest absolute Gasteiger partial charge is 0.506 e. The molecule has 0 aliphatic heterocycles. The highest BCUT2D eigenvalue weighted by molar-refractivity contribution is 6.03. The van der Waals surface area contributed by atoms with Crippen LogP contribution >= 0.6 is 0 Å². The number of fused-ring (bicyclic) bond motifs is 2. The summed E-state index contributed by atoms with van der Waals surface area (Å²) in [4.78, 5) is 31.6. The first kappa shape index (κ1) is 42.3. The number of carbonyl (C=O) groups is 2. The molecule has 16 nitrogen and oxygen atoms in total. The van der Waals surface area contributed by atoms with Gasteiger partial charge in [0.25, 0.3) is 11.8 Å². The Morgan fingerprint density at radius 2 is 1.27 bits per heavy atom. The summed E-state index contributed by atoms with van der Waals surface area (Å²) in [6.45, 7) is 2.77. The van der Waals surface area contributed by atoms with Gasteiger partial charge in [-0.25, -0.2) is 9.13 Å². The van der Waals surface area contributed by atoms with Crippen LogP contribution in [-0.2, 0) is 13.6 Å². The highest BCUT2D eigenvalue weighted by atomic mass is 16.3. The molecular formula is C44H52N12O4+2. The Morgan fingerprint density at radius 3 is 1.83 bits per heavy atom. The molecular weight excluding hydrogens is 761 g/mol. The zero-order valence-electron chi connectivity index (χ0n) is 34.3. The summed E-state index contributed by atoms with van der Waals surface area (Å²) in [7, 11) is 7.30. The van der Waals surface area contributed by atoms with Crippen LogP contribution in [0.3, 0.4) is 0 Å². The van der Waals surface area contributed by atoms with Crippen LogP contribution in [-0.4, -0.2) is 88.7 Å². The molecule has 0 aliphatic carbocycles. The lowest BCUT2D eigenvalue weighted by Gasteiger charge is -2.18. The van der Waals surface area contributed by atoms with Gasteiger partial charge in [0.15, 0.2) is 0 Å². The molecule has 1 aromatic heterocycles. The Kier molecular flexibility index (Phi) is 13.7. The molecule has 0 saturated carbocycles. The maximum atomic E-state index is 13.3. The van der Waals surface area contributed by atoms with Crippen molar-refractivity contribution in [2.75, 3.05) is 58.9 Å². The molecule has 5 aromatic carbocycles. The fourth-order valence-electron chi connectivity index (χ4n) is 6.69. The van der Waals surface area contributed by atoms with Crippen LogP contribution < -0.4 is 21.4 Å². The van der Waals surface area contributed by atoms with Gasteiger partial charge in [-0.3, -0.25) is 9.59 Å². The number of azo groups is 2. The van der Waals surface area contributed by atoms with E-state index in [1.807, 2.05) is 107 Å². The Bertz CT molecular complexity index is 2570. The number of amides is 2. The standard InChI is InChI=1S/C44H50N12O4/c1-52(29-48-49-36-27-38(57)40(45)34-13-7-5-11-32(34)36)24-20-47-19-9-21-53(2)42(59)30-15-17-31(18-16-30)43(60)54(3)22-10-23-56-26-25-55(4)44(56)51-50-37-28-39(58)41(46)35-14-8-6-12-33(35)37/h5-8,11-18,20,24-28,47H,9-10,19,21-23,29H2,1-4H3,(H5,45,46,48,49,50,57,58,59,60)/p+2. The second-order valence-electron chi connectivity index (χ2n) is 14.6. The van der Waals surface area contributed by atoms with Crippen molar-refractivity contribution >= 4 is 62.1 Å². The van der Waals surface area contributed by atoms with Crippen LogP contribution in [0.4, 0.5) is 28.7 Å². The highest BCUT2D eigenvalue weighted by Gasteiger charge is 2.19. The molecule has 60 heavy (non-hydrogen) atoms. The van der Waals surface area contributed by atoms with Crippen molar-refractivity contribution in [3.8, 4) is 11.5 Å². The summed E-state index contributed by atoms with van der Waals surface area (Å²) in [6.07, 6.45) is 9.08. The van der Waals surface area contributed by atoms with Gasteiger partial charge in [0.05, 0.1) is 55.8 Å². The second-order valence-corrected chi connectivity index (χ2v) is 14.6. The van der Waals surface area contributed by atoms with E-state index in [1.54, 1.807) is 48.2 Å². The number of nitrogens with two attached hydrogens (primary N) is 3. The van der Waals surface area contributed by atoms with E-state index in [-0.39, 0.29) is 23.3 Å². The van der Waals surface area contributed by atoms with Gasteiger partial charge in [-0.2, -0.15) is 10.2 Å². The van der Waals surface area contributed by atoms with Gasteiger partial charge < -0.3 is 41.7 Å². The van der Waals surface area contributed by atoms with E-state index in [2.05, 4.69) is 20.5 Å². The molecule has 1 heterocycles. The smallest absolute Gasteiger partial charge is 0.421 e. The number of rotatable bonds is 17. The number of quaternary nitrogens is 1. The van der Waals surface area contributed by atoms with Crippen molar-refractivity contribution in [3.05, 3.63) is 121 Å². The average Bonchev–Trinajstić information content (AvgIpc) is 3.61. The number of phenols is 2. The Balaban J connectivity index is 0.912. The van der Waals surface area contributed by atoms with Crippen molar-refractivity contribution in [2.45, 2.75) is 19.4 Å². The van der Waals surface area contributed by atoms with E-state index in [1.165, 1.54) is 12.1 Å². The first-order chi connectivity index (χ1) is 28.9. The van der Waals surface area contributed by atoms with Crippen molar-refractivity contribution in [3.63, 3.8) is 0 Å². The average molecular weight is 813 g/mol. The lowest BCUT2D eigenvalue weighted by atomic mass is 10.1. The fraction of sp³-hybridized carbons (Fsp3) is 0.250. The maximum absolute atomic E-state index is 13.3. The molecule has 6 aromatic rings. The lowest BCUT2D eigenvalue weighted by molar-refractivity contribution is -0.657. The number of imidazole rings is 1. The number of hydrogen-bond donors (Lipinski definition) is 5. The molecule has 8 N–H and O–H groups in total. The predicted octanol–water partition coefficient (Wildman–Crippen LogP) is 5.94. The number of nitrogens with zero attached hydrogens (tertiary/aromatic N) is 9. The first-order valence-electron chi connectivity index (χ1n) is 19.6. The SMILES string of the molecule is CN(C=C[NH2+]CCCN(C)C(=O)c1ccc(C(=O)N(C)CCCn2cc[n+](C)c2N=Nc2cc(O)c(N)c3ccccc23)cc1)CN=Nc1cc(O)c(N)c2ccccc12. The third-order valence-corrected chi connectivity index (χ3v) is 10.1. The molecule has 0 spiro atoms. The summed E-state index contributed by atoms with van der Waals surface area (Å²) in [5.41, 5.74) is 14.8. The molecule has 0 unspecified atom stereocenters. The van der Waals surface area contributed by atoms with Crippen molar-refractivity contribution < 1.29 is 29.7 Å². The molecule has 6 rings (SSSR count). The van der Waals surface area contributed by atoms with E-state index in [0.717, 1.165) is 29.1 Å². The molecule has 0 saturated heterocycles. The normalized spacial score (nSPS) is 11.7. The summed E-state index contributed by atoms with van der Waals surface area (Å²) in [5.74, 6) is 0.287. The summed E-state index contributed by atoms with van der Waals surface area (Å²) in [5, 5.41) is 43.1. The van der Waals surface area contributed by atoms with E-state index in [4.69, 9.17) is 11.5 Å². The third kappa shape index (κ3) is 10.0. The Morgan fingerprint density at radius 1 is 0.750 bits per heavy atom. The number of carbonyl (C=O) groups excluding carboxylic acids is 2. The van der Waals surface area contributed by atoms with Gasteiger partial charge in [0.2, 0.25) is 0 Å². The molecule has 310 valence electrons. The van der Waals surface area contributed by atoms with Gasteiger partial charge >= 0.3 is 5.95 Å². The number of benzene rings is 5. The lowest BCUT2D eigenvalue weighted by Crippen LogP contribution is -2.78. The van der Waals surface area contributed by atoms with Crippen LogP contribution in [0, 0.1) is 0 Å². The number of nitrogen functional groups attached to an aromatic ring is 2. The van der Waals surface area contributed by atoms with Crippen molar-refractivity contribution in [1.29, 1.82) is 0 Å². The molecule has 16 heteroatoms. The molecule has 0 atom stereocenters. The second kappa shape index (κ2) is 19.4. The van der Waals surface area contributed by atoms with E-state index < -0.39 is 0 Å². The van der Waals surface area contributed by atoms with Crippen molar-refractivity contribution in [2.24, 2.45) is 27.5 Å². The third-order valence-electron chi connectivity index (χ3n) is 10.1. The Hall–Kier alpha value is -7.33. The van der Waals surface area contributed by atoms with Gasteiger partial charge in [-0.1, -0.05) is 53.6 Å². The van der Waals surface area contributed by atoms with Crippen LogP contribution in [0.5, 0.6) is 11.5 Å². The number of aromatic hydroxyl groups is 2. The molecule has 2 amide bonds. The van der Waals surface area contributed by atoms with Gasteiger partial charge in [-0.05, 0) is 30.7 Å². The monoisotopic (exact) mass is 812 g/mol. The number of phenolic OH excluding ortho intramolecular Hbond substituents is 2. The zero-order chi connectivity index (χ0) is 42.8. The quantitative estimate of drug-likeness (QED) is 0.0246. The van der Waals surface area contributed by atoms with E-state index in [0.29, 0.717) is 77.9 Å².